The van der Waals surface area contributed by atoms with Gasteiger partial charge in [0.15, 0.2) is 12.6 Å². The van der Waals surface area contributed by atoms with E-state index in [2.05, 4.69) is 31.3 Å². The van der Waals surface area contributed by atoms with Gasteiger partial charge in [-0.25, -0.2) is 0 Å². The Bertz CT molecular complexity index is 1490. The van der Waals surface area contributed by atoms with Crippen LogP contribution in [0.15, 0.2) is 24.3 Å². The minimum Gasteiger partial charge on any atom is -0.394 e. The average Bonchev–Trinajstić information content (AvgIpc) is 3.64. The van der Waals surface area contributed by atoms with E-state index >= 15 is 0 Å². The summed E-state index contributed by atoms with van der Waals surface area (Å²) in [6.07, 6.45) is 50.8. The molecule has 12 unspecified atom stereocenters. The zero-order chi connectivity index (χ0) is 60.2. The maximum Gasteiger partial charge on any atom is 0.220 e. The van der Waals surface area contributed by atoms with Crippen LogP contribution in [0.1, 0.15) is 316 Å². The van der Waals surface area contributed by atoms with Gasteiger partial charge in [0.05, 0.1) is 32.0 Å². The molecule has 2 heterocycles. The molecule has 2 aliphatic rings. The number of carbonyl (C=O) groups is 1. The Labute approximate surface area is 507 Å². The summed E-state index contributed by atoms with van der Waals surface area (Å²) in [6, 6.07) is -0.914. The summed E-state index contributed by atoms with van der Waals surface area (Å²) in [4.78, 5) is 13.3. The lowest BCUT2D eigenvalue weighted by atomic mass is 9.97. The van der Waals surface area contributed by atoms with Gasteiger partial charge in [0.1, 0.15) is 48.8 Å². The predicted octanol–water partition coefficient (Wildman–Crippen LogP) is 14.0. The predicted molar refractivity (Wildman–Crippen MR) is 337 cm³/mol. The summed E-state index contributed by atoms with van der Waals surface area (Å²) < 4.78 is 22.9. The zero-order valence-corrected chi connectivity index (χ0v) is 53.2. The smallest absolute Gasteiger partial charge is 0.220 e. The highest BCUT2D eigenvalue weighted by Crippen LogP contribution is 2.30. The van der Waals surface area contributed by atoms with Crippen LogP contribution < -0.4 is 5.32 Å². The maximum atomic E-state index is 13.3. The number of rotatable bonds is 58. The molecule has 0 saturated carbocycles. The lowest BCUT2D eigenvalue weighted by Gasteiger charge is -2.46. The summed E-state index contributed by atoms with van der Waals surface area (Å²) in [5.41, 5.74) is 0. The van der Waals surface area contributed by atoms with Crippen molar-refractivity contribution in [1.82, 2.24) is 5.32 Å². The average molecular weight is 1180 g/mol. The highest BCUT2D eigenvalue weighted by Gasteiger charge is 2.51. The lowest BCUT2D eigenvalue weighted by molar-refractivity contribution is -0.359. The summed E-state index contributed by atoms with van der Waals surface area (Å²) in [7, 11) is 0. The number of allylic oxidation sites excluding steroid dienone is 3. The number of unbranched alkanes of at least 4 members (excludes halogenated alkanes) is 43. The normalized spacial score (nSPS) is 23.9. The first kappa shape index (κ1) is 77.6. The maximum absolute atomic E-state index is 13.3. The fourth-order valence-corrected chi connectivity index (χ4v) is 11.8. The van der Waals surface area contributed by atoms with Crippen molar-refractivity contribution in [2.75, 3.05) is 19.8 Å². The second kappa shape index (κ2) is 54.6. The van der Waals surface area contributed by atoms with Crippen molar-refractivity contribution in [3.8, 4) is 0 Å². The fourth-order valence-electron chi connectivity index (χ4n) is 11.8. The highest BCUT2D eigenvalue weighted by molar-refractivity contribution is 5.76. The summed E-state index contributed by atoms with van der Waals surface area (Å²) in [5, 5.41) is 87.4. The molecule has 490 valence electrons. The van der Waals surface area contributed by atoms with Gasteiger partial charge in [-0.1, -0.05) is 289 Å². The summed E-state index contributed by atoms with van der Waals surface area (Å²) in [6.45, 7) is 2.85. The van der Waals surface area contributed by atoms with Gasteiger partial charge >= 0.3 is 0 Å². The Balaban J connectivity index is 1.69. The molecular weight excluding hydrogens is 1050 g/mol. The third-order valence-electron chi connectivity index (χ3n) is 17.4. The van der Waals surface area contributed by atoms with E-state index in [1.165, 1.54) is 250 Å². The molecule has 2 rings (SSSR count). The van der Waals surface area contributed by atoms with Crippen LogP contribution in [-0.4, -0.2) is 140 Å². The van der Waals surface area contributed by atoms with Crippen LogP contribution in [0.4, 0.5) is 0 Å². The molecule has 0 spiro atoms. The van der Waals surface area contributed by atoms with Crippen molar-refractivity contribution in [3.63, 3.8) is 0 Å². The van der Waals surface area contributed by atoms with Crippen molar-refractivity contribution in [2.45, 2.75) is 389 Å². The van der Waals surface area contributed by atoms with Gasteiger partial charge in [-0.3, -0.25) is 4.79 Å². The van der Waals surface area contributed by atoms with Gasteiger partial charge in [-0.05, 0) is 44.9 Å². The van der Waals surface area contributed by atoms with E-state index in [0.29, 0.717) is 6.42 Å². The van der Waals surface area contributed by atoms with Crippen LogP contribution in [0.25, 0.3) is 0 Å². The molecule has 14 nitrogen and oxygen atoms in total. The van der Waals surface area contributed by atoms with Gasteiger partial charge in [-0.15, -0.1) is 0 Å². The molecule has 2 aliphatic heterocycles. The van der Waals surface area contributed by atoms with Crippen molar-refractivity contribution < 1.29 is 64.6 Å². The third-order valence-corrected chi connectivity index (χ3v) is 17.4. The number of hydrogen-bond acceptors (Lipinski definition) is 13. The van der Waals surface area contributed by atoms with E-state index in [0.717, 1.165) is 38.5 Å². The first-order valence-corrected chi connectivity index (χ1v) is 35.1. The van der Waals surface area contributed by atoms with Crippen molar-refractivity contribution in [1.29, 1.82) is 0 Å². The van der Waals surface area contributed by atoms with Gasteiger partial charge < -0.3 is 65.1 Å². The number of aliphatic hydroxyl groups is 8. The number of amides is 1. The third kappa shape index (κ3) is 39.2. The van der Waals surface area contributed by atoms with E-state index in [1.54, 1.807) is 6.08 Å². The zero-order valence-electron chi connectivity index (χ0n) is 53.2. The molecule has 2 saturated heterocycles. The Morgan fingerprint density at radius 2 is 0.759 bits per heavy atom. The molecule has 14 heteroatoms. The fraction of sp³-hybridized carbons (Fsp3) is 0.928. The Morgan fingerprint density at radius 3 is 1.14 bits per heavy atom. The topological polar surface area (TPSA) is 228 Å². The van der Waals surface area contributed by atoms with Crippen molar-refractivity contribution >= 4 is 5.91 Å². The van der Waals surface area contributed by atoms with Crippen LogP contribution in [0.3, 0.4) is 0 Å². The molecule has 0 radical (unpaired) electrons. The molecule has 0 bridgehead atoms. The van der Waals surface area contributed by atoms with Crippen LogP contribution in [0.5, 0.6) is 0 Å². The van der Waals surface area contributed by atoms with E-state index in [-0.39, 0.29) is 18.9 Å². The molecule has 0 aromatic heterocycles. The van der Waals surface area contributed by atoms with E-state index < -0.39 is 86.8 Å². The second-order valence-electron chi connectivity index (χ2n) is 25.0. The van der Waals surface area contributed by atoms with Gasteiger partial charge in [0.25, 0.3) is 0 Å². The molecule has 0 aromatic carbocycles. The molecule has 2 fully saturated rings. The number of nitrogens with one attached hydrogen (secondary N) is 1. The summed E-state index contributed by atoms with van der Waals surface area (Å²) >= 11 is 0. The van der Waals surface area contributed by atoms with Crippen molar-refractivity contribution in [3.05, 3.63) is 24.3 Å². The van der Waals surface area contributed by atoms with Crippen LogP contribution >= 0.6 is 0 Å². The van der Waals surface area contributed by atoms with E-state index in [9.17, 15) is 45.6 Å². The molecule has 0 aliphatic carbocycles. The molecule has 0 aromatic rings. The van der Waals surface area contributed by atoms with E-state index in [1.807, 2.05) is 6.08 Å². The minimum absolute atomic E-state index is 0.235. The van der Waals surface area contributed by atoms with Crippen molar-refractivity contribution in [2.24, 2.45) is 0 Å². The van der Waals surface area contributed by atoms with Crippen LogP contribution in [0, 0.1) is 0 Å². The Kier molecular flexibility index (Phi) is 51.0. The molecule has 83 heavy (non-hydrogen) atoms. The summed E-state index contributed by atoms with van der Waals surface area (Å²) in [5.74, 6) is -0.235. The highest BCUT2D eigenvalue weighted by atomic mass is 16.7. The Hall–Kier alpha value is -1.53. The number of hydrogen-bond donors (Lipinski definition) is 9. The number of carbonyl (C=O) groups excluding carboxylic acids is 1. The lowest BCUT2D eigenvalue weighted by Crippen LogP contribution is -2.65. The van der Waals surface area contributed by atoms with Crippen LogP contribution in [0.2, 0.25) is 0 Å². The largest absolute Gasteiger partial charge is 0.394 e. The second-order valence-corrected chi connectivity index (χ2v) is 25.0. The quantitative estimate of drug-likeness (QED) is 0.0204. The standard InChI is InChI=1S/C69H131NO13/c1-3-5-7-9-11-13-15-17-19-21-23-25-27-28-29-31-32-34-36-38-40-42-44-46-48-50-52-58(73)57(56-80-68-66(79)64(77)67(60(55-72)82-68)83-69-65(78)63(76)62(75)59(54-71)81-69)70-61(74)53-51-49-47-45-43-41-39-37-35-33-30-26-24-22-20-18-16-14-12-10-8-6-4-2/h22,24,50,52,57-60,62-69,71-73,75-79H,3-21,23,25-49,51,53-56H2,1-2H3,(H,70,74)/b24-22-,52-50+. The monoisotopic (exact) mass is 1180 g/mol. The first-order valence-electron chi connectivity index (χ1n) is 35.1. The van der Waals surface area contributed by atoms with E-state index in [4.69, 9.17) is 18.9 Å². The molecule has 12 atom stereocenters. The number of ether oxygens (including phenoxy) is 4. The molecule has 1 amide bonds. The van der Waals surface area contributed by atoms with Gasteiger partial charge in [0.2, 0.25) is 5.91 Å². The number of aliphatic hydroxyl groups excluding tert-OH is 8. The van der Waals surface area contributed by atoms with Crippen LogP contribution in [-0.2, 0) is 23.7 Å². The van der Waals surface area contributed by atoms with Gasteiger partial charge in [0, 0.05) is 6.42 Å². The Morgan fingerprint density at radius 1 is 0.422 bits per heavy atom. The first-order chi connectivity index (χ1) is 40.6. The molecular formula is C69H131NO13. The SMILES string of the molecule is CCCCCCCCCC/C=C\CCCCCCCCCCCCCC(=O)NC(COC1OC(CO)C(OC2OC(CO)C(O)C(O)C2O)C(O)C1O)C(O)/C=C/CCCCCCCCCCCCCCCCCCCCCCCCCC. The van der Waals surface area contributed by atoms with Gasteiger partial charge in [-0.2, -0.15) is 0 Å². The molecule has 9 N–H and O–H groups in total. The minimum atomic E-state index is -1.79.